The lowest BCUT2D eigenvalue weighted by Gasteiger charge is -2.11. The molecule has 0 aliphatic rings. The van der Waals surface area contributed by atoms with Crippen molar-refractivity contribution in [2.24, 2.45) is 0 Å². The molecule has 2 N–H and O–H groups in total. The summed E-state index contributed by atoms with van der Waals surface area (Å²) in [5.74, 6) is -0.705. The van der Waals surface area contributed by atoms with Crippen LogP contribution >= 0.6 is 34.8 Å². The minimum Gasteiger partial charge on any atom is -0.483 e. The van der Waals surface area contributed by atoms with Crippen LogP contribution in [0, 0.1) is 11.3 Å². The van der Waals surface area contributed by atoms with Crippen molar-refractivity contribution in [2.75, 3.05) is 17.2 Å². The number of hydrogen-bond acceptors (Lipinski definition) is 4. The number of carbonyl (C=O) groups is 2. The van der Waals surface area contributed by atoms with Crippen LogP contribution in [0.5, 0.6) is 5.75 Å². The highest BCUT2D eigenvalue weighted by atomic mass is 35.5. The van der Waals surface area contributed by atoms with Gasteiger partial charge in [-0.1, -0.05) is 59.1 Å². The fraction of sp³-hybridized carbons (Fsp3) is 0.0417. The molecule has 3 aromatic rings. The van der Waals surface area contributed by atoms with Crippen molar-refractivity contribution in [1.29, 1.82) is 5.26 Å². The highest BCUT2D eigenvalue weighted by Gasteiger charge is 2.13. The zero-order valence-electron chi connectivity index (χ0n) is 16.9. The summed E-state index contributed by atoms with van der Waals surface area (Å²) in [6.07, 6.45) is 1.38. The van der Waals surface area contributed by atoms with Gasteiger partial charge in [0.2, 0.25) is 0 Å². The van der Waals surface area contributed by atoms with Gasteiger partial charge < -0.3 is 15.4 Å². The van der Waals surface area contributed by atoms with Crippen LogP contribution in [0.25, 0.3) is 6.08 Å². The highest BCUT2D eigenvalue weighted by molar-refractivity contribution is 6.42. The molecule has 9 heteroatoms. The summed E-state index contributed by atoms with van der Waals surface area (Å²) in [4.78, 5) is 24.8. The van der Waals surface area contributed by atoms with Gasteiger partial charge in [-0.2, -0.15) is 5.26 Å². The fourth-order valence-electron chi connectivity index (χ4n) is 2.71. The number of halogens is 3. The van der Waals surface area contributed by atoms with Crippen LogP contribution in [0.15, 0.2) is 72.3 Å². The van der Waals surface area contributed by atoms with E-state index in [0.29, 0.717) is 37.8 Å². The number of rotatable bonds is 7. The molecule has 0 atom stereocenters. The van der Waals surface area contributed by atoms with Crippen molar-refractivity contribution in [3.05, 3.63) is 92.9 Å². The number of nitrogens with zero attached hydrogens (tertiary/aromatic N) is 1. The second-order valence-electron chi connectivity index (χ2n) is 6.64. The van der Waals surface area contributed by atoms with Crippen molar-refractivity contribution in [3.8, 4) is 11.8 Å². The molecule has 0 bridgehead atoms. The number of nitrogens with one attached hydrogen (secondary N) is 2. The minimum absolute atomic E-state index is 0.147. The molecule has 166 valence electrons. The largest absolute Gasteiger partial charge is 0.483 e. The summed E-state index contributed by atoms with van der Waals surface area (Å²) in [5, 5.41) is 15.9. The molecule has 33 heavy (non-hydrogen) atoms. The van der Waals surface area contributed by atoms with E-state index in [4.69, 9.17) is 39.5 Å². The quantitative estimate of drug-likeness (QED) is 0.298. The van der Waals surface area contributed by atoms with Crippen molar-refractivity contribution in [1.82, 2.24) is 0 Å². The first-order chi connectivity index (χ1) is 15.9. The number of amides is 2. The van der Waals surface area contributed by atoms with Gasteiger partial charge in [0.15, 0.2) is 6.61 Å². The topological polar surface area (TPSA) is 91.2 Å². The van der Waals surface area contributed by atoms with E-state index in [2.05, 4.69) is 10.6 Å². The summed E-state index contributed by atoms with van der Waals surface area (Å²) >= 11 is 17.7. The van der Waals surface area contributed by atoms with Crippen LogP contribution in [0.1, 0.15) is 5.56 Å². The van der Waals surface area contributed by atoms with Gasteiger partial charge in [-0.3, -0.25) is 9.59 Å². The summed E-state index contributed by atoms with van der Waals surface area (Å²) < 4.78 is 5.61. The van der Waals surface area contributed by atoms with Crippen LogP contribution in [0.3, 0.4) is 0 Å². The van der Waals surface area contributed by atoms with E-state index in [1.54, 1.807) is 60.7 Å². The Morgan fingerprint density at radius 3 is 2.39 bits per heavy atom. The molecule has 3 rings (SSSR count). The third-order valence-electron chi connectivity index (χ3n) is 4.23. The Morgan fingerprint density at radius 2 is 1.67 bits per heavy atom. The molecule has 0 aliphatic carbocycles. The fourth-order valence-corrected chi connectivity index (χ4v) is 3.20. The average Bonchev–Trinajstić information content (AvgIpc) is 2.79. The summed E-state index contributed by atoms with van der Waals surface area (Å²) in [5.41, 5.74) is 1.23. The van der Waals surface area contributed by atoms with Crippen molar-refractivity contribution in [2.45, 2.75) is 0 Å². The molecule has 3 aromatic carbocycles. The third kappa shape index (κ3) is 6.99. The van der Waals surface area contributed by atoms with Gasteiger partial charge in [-0.05, 0) is 48.5 Å². The Hall–Kier alpha value is -3.50. The molecule has 0 unspecified atom stereocenters. The lowest BCUT2D eigenvalue weighted by Crippen LogP contribution is -2.20. The van der Waals surface area contributed by atoms with Crippen LogP contribution in [-0.2, 0) is 9.59 Å². The molecule has 0 fully saturated rings. The number of ether oxygens (including phenoxy) is 1. The zero-order chi connectivity index (χ0) is 23.8. The number of para-hydroxylation sites is 1. The molecular formula is C24H16Cl3N3O3. The van der Waals surface area contributed by atoms with E-state index >= 15 is 0 Å². The maximum atomic E-state index is 12.5. The lowest BCUT2D eigenvalue weighted by molar-refractivity contribution is -0.118. The standard InChI is InChI=1S/C24H16Cl3N3O3/c25-17-5-3-6-18(11-17)30-24(32)16(13-28)10-15-4-1-2-7-22(15)33-14-23(31)29-19-8-9-20(26)21(27)12-19/h1-12H,14H2,(H,29,31)(H,30,32)/b16-10-. The van der Waals surface area contributed by atoms with Gasteiger partial charge in [0, 0.05) is 22.0 Å². The predicted molar refractivity (Wildman–Crippen MR) is 131 cm³/mol. The summed E-state index contributed by atoms with van der Waals surface area (Å²) in [6, 6.07) is 19.9. The Balaban J connectivity index is 1.69. The minimum atomic E-state index is -0.605. The zero-order valence-corrected chi connectivity index (χ0v) is 19.2. The maximum Gasteiger partial charge on any atom is 0.266 e. The number of benzene rings is 3. The number of anilines is 2. The average molecular weight is 501 g/mol. The van der Waals surface area contributed by atoms with Gasteiger partial charge >= 0.3 is 0 Å². The van der Waals surface area contributed by atoms with E-state index in [0.717, 1.165) is 0 Å². The van der Waals surface area contributed by atoms with Gasteiger partial charge in [0.25, 0.3) is 11.8 Å². The monoisotopic (exact) mass is 499 g/mol. The van der Waals surface area contributed by atoms with Gasteiger partial charge in [0.1, 0.15) is 17.4 Å². The lowest BCUT2D eigenvalue weighted by atomic mass is 10.1. The predicted octanol–water partition coefficient (Wildman–Crippen LogP) is 6.21. The van der Waals surface area contributed by atoms with Crippen LogP contribution in [0.4, 0.5) is 11.4 Å². The van der Waals surface area contributed by atoms with E-state index in [1.807, 2.05) is 6.07 Å². The molecule has 0 saturated carbocycles. The number of nitriles is 1. The molecule has 0 heterocycles. The van der Waals surface area contributed by atoms with Crippen LogP contribution in [0.2, 0.25) is 15.1 Å². The van der Waals surface area contributed by atoms with Crippen LogP contribution in [-0.4, -0.2) is 18.4 Å². The Labute approximate surface area is 205 Å². The van der Waals surface area contributed by atoms with Crippen LogP contribution < -0.4 is 15.4 Å². The van der Waals surface area contributed by atoms with Crippen molar-refractivity contribution in [3.63, 3.8) is 0 Å². The molecule has 0 aliphatic heterocycles. The molecule has 0 aromatic heterocycles. The van der Waals surface area contributed by atoms with E-state index in [9.17, 15) is 14.9 Å². The number of carbonyl (C=O) groups excluding carboxylic acids is 2. The van der Waals surface area contributed by atoms with Gasteiger partial charge in [-0.25, -0.2) is 0 Å². The molecule has 6 nitrogen and oxygen atoms in total. The highest BCUT2D eigenvalue weighted by Crippen LogP contribution is 2.25. The molecular weight excluding hydrogens is 485 g/mol. The maximum absolute atomic E-state index is 12.5. The Bertz CT molecular complexity index is 1270. The smallest absolute Gasteiger partial charge is 0.266 e. The second kappa shape index (κ2) is 11.4. The van der Waals surface area contributed by atoms with E-state index < -0.39 is 11.8 Å². The third-order valence-corrected chi connectivity index (χ3v) is 5.20. The molecule has 0 saturated heterocycles. The summed E-state index contributed by atoms with van der Waals surface area (Å²) in [6.45, 7) is -0.304. The molecule has 2 amide bonds. The molecule has 0 spiro atoms. The van der Waals surface area contributed by atoms with Gasteiger partial charge in [0.05, 0.1) is 10.0 Å². The Kier molecular flexibility index (Phi) is 8.34. The van der Waals surface area contributed by atoms with E-state index in [1.165, 1.54) is 12.1 Å². The van der Waals surface area contributed by atoms with E-state index in [-0.39, 0.29) is 12.2 Å². The normalized spacial score (nSPS) is 10.8. The molecule has 0 radical (unpaired) electrons. The first kappa shape index (κ1) is 24.1. The first-order valence-corrected chi connectivity index (χ1v) is 10.6. The van der Waals surface area contributed by atoms with Crippen molar-refractivity contribution < 1.29 is 14.3 Å². The number of hydrogen-bond donors (Lipinski definition) is 2. The Morgan fingerprint density at radius 1 is 0.909 bits per heavy atom. The first-order valence-electron chi connectivity index (χ1n) is 9.51. The van der Waals surface area contributed by atoms with Crippen molar-refractivity contribution >= 4 is 64.1 Å². The van der Waals surface area contributed by atoms with Gasteiger partial charge in [-0.15, -0.1) is 0 Å². The summed E-state index contributed by atoms with van der Waals surface area (Å²) in [7, 11) is 0. The SMILES string of the molecule is N#C/C(=C/c1ccccc1OCC(=O)Nc1ccc(Cl)c(Cl)c1)C(=O)Nc1cccc(Cl)c1. The second-order valence-corrected chi connectivity index (χ2v) is 7.89.